The van der Waals surface area contributed by atoms with Crippen molar-refractivity contribution < 1.29 is 14.3 Å². The van der Waals surface area contributed by atoms with Gasteiger partial charge in [-0.1, -0.05) is 6.07 Å². The van der Waals surface area contributed by atoms with Crippen LogP contribution < -0.4 is 9.47 Å². The molecular formula is C13H16O3. The summed E-state index contributed by atoms with van der Waals surface area (Å²) in [4.78, 5) is 11.3. The van der Waals surface area contributed by atoms with Crippen LogP contribution in [0.1, 0.15) is 30.7 Å². The van der Waals surface area contributed by atoms with E-state index in [1.807, 2.05) is 18.2 Å². The van der Waals surface area contributed by atoms with E-state index < -0.39 is 0 Å². The second-order valence-electron chi connectivity index (χ2n) is 4.05. The molecule has 86 valence electrons. The van der Waals surface area contributed by atoms with Gasteiger partial charge in [-0.25, -0.2) is 0 Å². The van der Waals surface area contributed by atoms with Crippen LogP contribution in [0.15, 0.2) is 18.2 Å². The molecule has 3 nitrogen and oxygen atoms in total. The first-order valence-corrected chi connectivity index (χ1v) is 5.49. The van der Waals surface area contributed by atoms with E-state index in [4.69, 9.17) is 9.47 Å². The summed E-state index contributed by atoms with van der Waals surface area (Å²) in [6.45, 7) is 0. The Morgan fingerprint density at radius 3 is 2.25 bits per heavy atom. The van der Waals surface area contributed by atoms with Crippen LogP contribution in [0.2, 0.25) is 0 Å². The number of methoxy groups -OCH3 is 2. The second kappa shape index (κ2) is 4.56. The summed E-state index contributed by atoms with van der Waals surface area (Å²) in [5.41, 5.74) is 1.04. The van der Waals surface area contributed by atoms with Gasteiger partial charge < -0.3 is 9.47 Å². The smallest absolute Gasteiger partial charge is 0.133 e. The van der Waals surface area contributed by atoms with Crippen molar-refractivity contribution in [3.8, 4) is 11.5 Å². The van der Waals surface area contributed by atoms with Gasteiger partial charge in [0.1, 0.15) is 17.3 Å². The zero-order valence-electron chi connectivity index (χ0n) is 9.66. The first kappa shape index (κ1) is 11.0. The molecule has 1 atom stereocenters. The fourth-order valence-corrected chi connectivity index (χ4v) is 2.34. The molecule has 2 rings (SSSR count). The summed E-state index contributed by atoms with van der Waals surface area (Å²) in [7, 11) is 3.30. The number of hydrogen-bond donors (Lipinski definition) is 0. The Hall–Kier alpha value is -1.51. The molecule has 0 amide bonds. The molecule has 1 aromatic rings. The van der Waals surface area contributed by atoms with Crippen molar-refractivity contribution in [1.82, 2.24) is 0 Å². The summed E-state index contributed by atoms with van der Waals surface area (Å²) < 4.78 is 10.7. The highest BCUT2D eigenvalue weighted by Gasteiger charge is 2.28. The number of hydrogen-bond acceptors (Lipinski definition) is 3. The third-order valence-electron chi connectivity index (χ3n) is 3.12. The number of Topliss-reactive ketones (excluding diaryl/α,β-unsaturated/α-hetero) is 1. The minimum Gasteiger partial charge on any atom is -0.496 e. The normalized spacial score (nSPS) is 19.9. The van der Waals surface area contributed by atoms with Crippen molar-refractivity contribution in [2.24, 2.45) is 0 Å². The fraction of sp³-hybridized carbons (Fsp3) is 0.462. The molecule has 0 saturated heterocycles. The molecule has 0 bridgehead atoms. The van der Waals surface area contributed by atoms with Crippen molar-refractivity contribution >= 4 is 5.78 Å². The summed E-state index contributed by atoms with van der Waals surface area (Å²) in [5.74, 6) is 2.22. The van der Waals surface area contributed by atoms with E-state index in [1.54, 1.807) is 14.2 Å². The summed E-state index contributed by atoms with van der Waals surface area (Å²) >= 11 is 0. The molecule has 3 heteroatoms. The molecule has 0 spiro atoms. The lowest BCUT2D eigenvalue weighted by molar-refractivity contribution is -0.117. The SMILES string of the molecule is COc1cccc(OC)c1C1CCC(=O)C1. The van der Waals surface area contributed by atoms with E-state index in [0.29, 0.717) is 18.6 Å². The number of rotatable bonds is 3. The first-order chi connectivity index (χ1) is 7.76. The van der Waals surface area contributed by atoms with Gasteiger partial charge in [-0.15, -0.1) is 0 Å². The highest BCUT2D eigenvalue weighted by molar-refractivity contribution is 5.82. The zero-order valence-corrected chi connectivity index (χ0v) is 9.66. The number of ether oxygens (including phenoxy) is 2. The summed E-state index contributed by atoms with van der Waals surface area (Å²) in [6, 6.07) is 5.74. The molecule has 1 saturated carbocycles. The molecular weight excluding hydrogens is 204 g/mol. The van der Waals surface area contributed by atoms with Crippen LogP contribution in [-0.2, 0) is 4.79 Å². The van der Waals surface area contributed by atoms with Crippen molar-refractivity contribution in [3.05, 3.63) is 23.8 Å². The van der Waals surface area contributed by atoms with Crippen LogP contribution >= 0.6 is 0 Å². The minimum absolute atomic E-state index is 0.249. The lowest BCUT2D eigenvalue weighted by Crippen LogP contribution is -2.01. The van der Waals surface area contributed by atoms with Gasteiger partial charge >= 0.3 is 0 Å². The minimum atomic E-state index is 0.249. The molecule has 1 aliphatic rings. The predicted molar refractivity (Wildman–Crippen MR) is 61.1 cm³/mol. The summed E-state index contributed by atoms with van der Waals surface area (Å²) in [5, 5.41) is 0. The highest BCUT2D eigenvalue weighted by atomic mass is 16.5. The van der Waals surface area contributed by atoms with Crippen LogP contribution in [-0.4, -0.2) is 20.0 Å². The lowest BCUT2D eigenvalue weighted by Gasteiger charge is -2.17. The number of carbonyl (C=O) groups is 1. The second-order valence-corrected chi connectivity index (χ2v) is 4.05. The van der Waals surface area contributed by atoms with Gasteiger partial charge in [0.15, 0.2) is 0 Å². The Balaban J connectivity index is 2.40. The predicted octanol–water partition coefficient (Wildman–Crippen LogP) is 2.54. The van der Waals surface area contributed by atoms with Crippen LogP contribution in [0, 0.1) is 0 Å². The van der Waals surface area contributed by atoms with Gasteiger partial charge in [-0.2, -0.15) is 0 Å². The van der Waals surface area contributed by atoms with Crippen LogP contribution in [0.3, 0.4) is 0 Å². The van der Waals surface area contributed by atoms with Gasteiger partial charge in [0, 0.05) is 18.4 Å². The van der Waals surface area contributed by atoms with E-state index in [-0.39, 0.29) is 5.92 Å². The molecule has 0 aromatic heterocycles. The maximum atomic E-state index is 11.3. The Morgan fingerprint density at radius 2 is 1.81 bits per heavy atom. The molecule has 0 N–H and O–H groups in total. The average molecular weight is 220 g/mol. The average Bonchev–Trinajstić information content (AvgIpc) is 2.74. The van der Waals surface area contributed by atoms with E-state index in [0.717, 1.165) is 23.5 Å². The lowest BCUT2D eigenvalue weighted by atomic mass is 9.95. The first-order valence-electron chi connectivity index (χ1n) is 5.49. The topological polar surface area (TPSA) is 35.5 Å². The molecule has 0 heterocycles. The van der Waals surface area contributed by atoms with Crippen LogP contribution in [0.4, 0.5) is 0 Å². The van der Waals surface area contributed by atoms with Crippen molar-refractivity contribution in [3.63, 3.8) is 0 Å². The highest BCUT2D eigenvalue weighted by Crippen LogP contribution is 2.42. The molecule has 0 aliphatic heterocycles. The third-order valence-corrected chi connectivity index (χ3v) is 3.12. The van der Waals surface area contributed by atoms with Crippen molar-refractivity contribution in [2.45, 2.75) is 25.2 Å². The Bertz CT molecular complexity index is 376. The van der Waals surface area contributed by atoms with Crippen LogP contribution in [0.25, 0.3) is 0 Å². The Kier molecular flexibility index (Phi) is 3.13. The van der Waals surface area contributed by atoms with E-state index in [9.17, 15) is 4.79 Å². The van der Waals surface area contributed by atoms with Gasteiger partial charge in [-0.05, 0) is 24.5 Å². The number of carbonyl (C=O) groups excluding carboxylic acids is 1. The van der Waals surface area contributed by atoms with E-state index in [1.165, 1.54) is 0 Å². The van der Waals surface area contributed by atoms with E-state index >= 15 is 0 Å². The Labute approximate surface area is 95.4 Å². The standard InChI is InChI=1S/C13H16O3/c1-15-11-4-3-5-12(16-2)13(11)9-6-7-10(14)8-9/h3-5,9H,6-8H2,1-2H3. The van der Waals surface area contributed by atoms with Crippen LogP contribution in [0.5, 0.6) is 11.5 Å². The number of ketones is 1. The third kappa shape index (κ3) is 1.90. The fourth-order valence-electron chi connectivity index (χ4n) is 2.34. The zero-order chi connectivity index (χ0) is 11.5. The summed E-state index contributed by atoms with van der Waals surface area (Å²) in [6.07, 6.45) is 2.18. The van der Waals surface area contributed by atoms with Gasteiger partial charge in [0.25, 0.3) is 0 Å². The maximum absolute atomic E-state index is 11.3. The quantitative estimate of drug-likeness (QED) is 0.785. The monoisotopic (exact) mass is 220 g/mol. The maximum Gasteiger partial charge on any atom is 0.133 e. The molecule has 1 fully saturated rings. The van der Waals surface area contributed by atoms with Crippen molar-refractivity contribution in [1.29, 1.82) is 0 Å². The number of benzene rings is 1. The molecule has 0 radical (unpaired) electrons. The van der Waals surface area contributed by atoms with Gasteiger partial charge in [0.05, 0.1) is 14.2 Å². The van der Waals surface area contributed by atoms with Gasteiger partial charge in [0.2, 0.25) is 0 Å². The van der Waals surface area contributed by atoms with E-state index in [2.05, 4.69) is 0 Å². The largest absolute Gasteiger partial charge is 0.496 e. The Morgan fingerprint density at radius 1 is 1.19 bits per heavy atom. The molecule has 1 unspecified atom stereocenters. The molecule has 1 aliphatic carbocycles. The van der Waals surface area contributed by atoms with Gasteiger partial charge in [-0.3, -0.25) is 4.79 Å². The van der Waals surface area contributed by atoms with Crippen molar-refractivity contribution in [2.75, 3.05) is 14.2 Å². The molecule has 1 aromatic carbocycles. The molecule has 16 heavy (non-hydrogen) atoms.